The molecule has 1 aromatic carbocycles. The number of unbranched alkanes of at least 4 members (excludes halogenated alkanes) is 1. The number of anilines is 1. The Morgan fingerprint density at radius 3 is 2.72 bits per heavy atom. The van der Waals surface area contributed by atoms with Gasteiger partial charge < -0.3 is 10.1 Å². The van der Waals surface area contributed by atoms with Crippen LogP contribution in [0.2, 0.25) is 5.02 Å². The van der Waals surface area contributed by atoms with E-state index in [0.29, 0.717) is 28.8 Å². The Labute approximate surface area is 117 Å². The molecular weight excluding hydrogens is 273 g/mol. The van der Waals surface area contributed by atoms with Crippen molar-refractivity contribution < 1.29 is 9.53 Å². The number of ether oxygens (including phenoxy) is 1. The average molecular weight is 290 g/mol. The van der Waals surface area contributed by atoms with Crippen molar-refractivity contribution in [2.75, 3.05) is 18.3 Å². The van der Waals surface area contributed by atoms with Crippen LogP contribution in [0.25, 0.3) is 0 Å². The van der Waals surface area contributed by atoms with Crippen molar-refractivity contribution in [3.05, 3.63) is 22.7 Å². The van der Waals surface area contributed by atoms with Gasteiger partial charge in [0.1, 0.15) is 5.75 Å². The van der Waals surface area contributed by atoms with Gasteiger partial charge >= 0.3 is 0 Å². The van der Waals surface area contributed by atoms with Crippen LogP contribution in [0, 0.1) is 6.92 Å². The number of alkyl halides is 1. The number of hydrogen-bond donors (Lipinski definition) is 1. The molecule has 0 atom stereocenters. The molecule has 0 radical (unpaired) electrons. The van der Waals surface area contributed by atoms with E-state index in [2.05, 4.69) is 5.32 Å². The van der Waals surface area contributed by atoms with Gasteiger partial charge in [-0.2, -0.15) is 0 Å². The molecule has 5 heteroatoms. The highest BCUT2D eigenvalue weighted by Gasteiger charge is 2.10. The van der Waals surface area contributed by atoms with E-state index >= 15 is 0 Å². The van der Waals surface area contributed by atoms with Crippen molar-refractivity contribution in [3.8, 4) is 5.75 Å². The van der Waals surface area contributed by atoms with Gasteiger partial charge in [0, 0.05) is 23.4 Å². The molecule has 0 heterocycles. The lowest BCUT2D eigenvalue weighted by Gasteiger charge is -2.12. The second kappa shape index (κ2) is 7.49. The van der Waals surface area contributed by atoms with Gasteiger partial charge in [-0.1, -0.05) is 11.6 Å². The average Bonchev–Trinajstić information content (AvgIpc) is 2.34. The van der Waals surface area contributed by atoms with Crippen molar-refractivity contribution >= 4 is 34.8 Å². The lowest BCUT2D eigenvalue weighted by Crippen LogP contribution is -2.12. The number of benzene rings is 1. The first-order valence-corrected chi connectivity index (χ1v) is 6.69. The largest absolute Gasteiger partial charge is 0.495 e. The molecule has 18 heavy (non-hydrogen) atoms. The summed E-state index contributed by atoms with van der Waals surface area (Å²) in [5.41, 5.74) is 1.55. The first kappa shape index (κ1) is 15.1. The lowest BCUT2D eigenvalue weighted by atomic mass is 10.2. The number of halogens is 2. The lowest BCUT2D eigenvalue weighted by molar-refractivity contribution is -0.116. The zero-order chi connectivity index (χ0) is 13.5. The van der Waals surface area contributed by atoms with E-state index in [9.17, 15) is 4.79 Å². The van der Waals surface area contributed by atoms with Gasteiger partial charge in [-0.05, 0) is 31.4 Å². The van der Waals surface area contributed by atoms with Crippen LogP contribution < -0.4 is 10.1 Å². The third kappa shape index (κ3) is 4.39. The van der Waals surface area contributed by atoms with Gasteiger partial charge in [0.2, 0.25) is 5.91 Å². The van der Waals surface area contributed by atoms with E-state index in [-0.39, 0.29) is 5.91 Å². The number of hydrogen-bond acceptors (Lipinski definition) is 2. The molecule has 3 nitrogen and oxygen atoms in total. The Hall–Kier alpha value is -0.930. The summed E-state index contributed by atoms with van der Waals surface area (Å²) in [5.74, 6) is 1.10. The van der Waals surface area contributed by atoms with E-state index in [1.807, 2.05) is 6.92 Å². The standard InChI is InChI=1S/C13H17Cl2NO2/c1-9-7-11(12(18-2)8-10(9)15)16-13(17)5-3-4-6-14/h7-8H,3-6H2,1-2H3,(H,16,17). The minimum atomic E-state index is -0.0415. The summed E-state index contributed by atoms with van der Waals surface area (Å²) >= 11 is 11.6. The van der Waals surface area contributed by atoms with Crippen molar-refractivity contribution in [1.29, 1.82) is 0 Å². The molecule has 1 aromatic rings. The molecule has 0 fully saturated rings. The molecule has 0 aliphatic heterocycles. The molecule has 0 aliphatic carbocycles. The van der Waals surface area contributed by atoms with E-state index in [1.54, 1.807) is 19.2 Å². The Morgan fingerprint density at radius 1 is 1.39 bits per heavy atom. The van der Waals surface area contributed by atoms with E-state index in [4.69, 9.17) is 27.9 Å². The number of amides is 1. The van der Waals surface area contributed by atoms with Crippen molar-refractivity contribution in [1.82, 2.24) is 0 Å². The Bertz CT molecular complexity index is 422. The van der Waals surface area contributed by atoms with E-state index < -0.39 is 0 Å². The summed E-state index contributed by atoms with van der Waals surface area (Å²) in [5, 5.41) is 3.44. The van der Waals surface area contributed by atoms with Crippen LogP contribution in [-0.2, 0) is 4.79 Å². The SMILES string of the molecule is COc1cc(Cl)c(C)cc1NC(=O)CCCCCl. The highest BCUT2D eigenvalue weighted by Crippen LogP contribution is 2.31. The molecule has 0 saturated heterocycles. The summed E-state index contributed by atoms with van der Waals surface area (Å²) < 4.78 is 5.19. The second-order valence-corrected chi connectivity index (χ2v) is 4.78. The Morgan fingerprint density at radius 2 is 2.11 bits per heavy atom. The first-order valence-electron chi connectivity index (χ1n) is 5.78. The molecular formula is C13H17Cl2NO2. The fraction of sp³-hybridized carbons (Fsp3) is 0.462. The van der Waals surface area contributed by atoms with Crippen molar-refractivity contribution in [3.63, 3.8) is 0 Å². The maximum atomic E-state index is 11.7. The fourth-order valence-corrected chi connectivity index (χ4v) is 1.87. The summed E-state index contributed by atoms with van der Waals surface area (Å²) in [4.78, 5) is 11.7. The third-order valence-electron chi connectivity index (χ3n) is 2.54. The van der Waals surface area contributed by atoms with Crippen LogP contribution in [0.3, 0.4) is 0 Å². The highest BCUT2D eigenvalue weighted by molar-refractivity contribution is 6.31. The summed E-state index contributed by atoms with van der Waals surface area (Å²) in [6, 6.07) is 3.51. The molecule has 0 saturated carbocycles. The molecule has 1 rings (SSSR count). The van der Waals surface area contributed by atoms with Crippen LogP contribution >= 0.6 is 23.2 Å². The number of nitrogens with one attached hydrogen (secondary N) is 1. The quantitative estimate of drug-likeness (QED) is 0.635. The molecule has 0 bridgehead atoms. The minimum absolute atomic E-state index is 0.0415. The van der Waals surface area contributed by atoms with Gasteiger partial charge in [0.15, 0.2) is 0 Å². The fourth-order valence-electron chi connectivity index (χ4n) is 1.52. The van der Waals surface area contributed by atoms with Crippen LogP contribution in [0.5, 0.6) is 5.75 Å². The normalized spacial score (nSPS) is 10.2. The number of carbonyl (C=O) groups is 1. The Kier molecular flexibility index (Phi) is 6.30. The zero-order valence-electron chi connectivity index (χ0n) is 10.6. The molecule has 0 spiro atoms. The highest BCUT2D eigenvalue weighted by atomic mass is 35.5. The van der Waals surface area contributed by atoms with E-state index in [0.717, 1.165) is 18.4 Å². The number of rotatable bonds is 6. The van der Waals surface area contributed by atoms with Crippen molar-refractivity contribution in [2.24, 2.45) is 0 Å². The summed E-state index contributed by atoms with van der Waals surface area (Å²) in [6.45, 7) is 1.88. The number of carbonyl (C=O) groups excluding carboxylic acids is 1. The van der Waals surface area contributed by atoms with E-state index in [1.165, 1.54) is 0 Å². The third-order valence-corrected chi connectivity index (χ3v) is 3.22. The van der Waals surface area contributed by atoms with Gasteiger partial charge in [-0.15, -0.1) is 11.6 Å². The molecule has 1 amide bonds. The first-order chi connectivity index (χ1) is 8.58. The number of methoxy groups -OCH3 is 1. The van der Waals surface area contributed by atoms with Crippen LogP contribution in [-0.4, -0.2) is 18.9 Å². The second-order valence-electron chi connectivity index (χ2n) is 4.00. The minimum Gasteiger partial charge on any atom is -0.495 e. The zero-order valence-corrected chi connectivity index (χ0v) is 12.1. The predicted octanol–water partition coefficient (Wildman–Crippen LogP) is 4.00. The maximum absolute atomic E-state index is 11.7. The molecule has 1 N–H and O–H groups in total. The van der Waals surface area contributed by atoms with Crippen LogP contribution in [0.1, 0.15) is 24.8 Å². The maximum Gasteiger partial charge on any atom is 0.224 e. The topological polar surface area (TPSA) is 38.3 Å². The Balaban J connectivity index is 2.71. The van der Waals surface area contributed by atoms with Gasteiger partial charge in [0.25, 0.3) is 0 Å². The summed E-state index contributed by atoms with van der Waals surface area (Å²) in [7, 11) is 1.55. The van der Waals surface area contributed by atoms with Crippen molar-refractivity contribution in [2.45, 2.75) is 26.2 Å². The molecule has 100 valence electrons. The predicted molar refractivity (Wildman–Crippen MR) is 75.9 cm³/mol. The van der Waals surface area contributed by atoms with Gasteiger partial charge in [-0.3, -0.25) is 4.79 Å². The summed E-state index contributed by atoms with van der Waals surface area (Å²) in [6.07, 6.45) is 2.08. The molecule has 0 aromatic heterocycles. The number of aryl methyl sites for hydroxylation is 1. The molecule has 0 aliphatic rings. The molecule has 0 unspecified atom stereocenters. The van der Waals surface area contributed by atoms with Gasteiger partial charge in [0.05, 0.1) is 12.8 Å². The van der Waals surface area contributed by atoms with Crippen LogP contribution in [0.15, 0.2) is 12.1 Å². The smallest absolute Gasteiger partial charge is 0.224 e. The monoisotopic (exact) mass is 289 g/mol. The van der Waals surface area contributed by atoms with Crippen LogP contribution in [0.4, 0.5) is 5.69 Å². The van der Waals surface area contributed by atoms with Gasteiger partial charge in [-0.25, -0.2) is 0 Å².